The van der Waals surface area contributed by atoms with E-state index in [0.717, 1.165) is 37.4 Å². The third-order valence-electron chi connectivity index (χ3n) is 6.70. The highest BCUT2D eigenvalue weighted by atomic mass is 32.2. The summed E-state index contributed by atoms with van der Waals surface area (Å²) in [6.07, 6.45) is 6.29. The van der Waals surface area contributed by atoms with Gasteiger partial charge in [-0.05, 0) is 62.3 Å². The number of halogens is 2. The molecule has 34 heavy (non-hydrogen) atoms. The van der Waals surface area contributed by atoms with Gasteiger partial charge in [-0.1, -0.05) is 49.2 Å². The van der Waals surface area contributed by atoms with Crippen LogP contribution < -0.4 is 5.76 Å². The minimum atomic E-state index is -0.384. The van der Waals surface area contributed by atoms with E-state index in [1.54, 1.807) is 25.2 Å². The highest BCUT2D eigenvalue weighted by Gasteiger charge is 2.30. The number of benzene rings is 2. The highest BCUT2D eigenvalue weighted by molar-refractivity contribution is 7.97. The zero-order valence-electron chi connectivity index (χ0n) is 19.9. The number of hydrogen-bond donors (Lipinski definition) is 0. The van der Waals surface area contributed by atoms with Crippen LogP contribution in [0.25, 0.3) is 0 Å². The van der Waals surface area contributed by atoms with Crippen molar-refractivity contribution in [3.63, 3.8) is 0 Å². The predicted octanol–water partition coefficient (Wildman–Crippen LogP) is 6.83. The molecule has 2 fully saturated rings. The minimum absolute atomic E-state index is 0.246. The van der Waals surface area contributed by atoms with Crippen molar-refractivity contribution < 1.29 is 13.2 Å². The molecule has 2 atom stereocenters. The van der Waals surface area contributed by atoms with Crippen LogP contribution in [0.2, 0.25) is 0 Å². The van der Waals surface area contributed by atoms with Crippen molar-refractivity contribution in [3.05, 3.63) is 93.8 Å². The first-order chi connectivity index (χ1) is 16.3. The number of hydrogen-bond acceptors (Lipinski definition) is 4. The summed E-state index contributed by atoms with van der Waals surface area (Å²) in [6.45, 7) is 4.79. The summed E-state index contributed by atoms with van der Waals surface area (Å²) in [7, 11) is 1.72. The van der Waals surface area contributed by atoms with E-state index < -0.39 is 0 Å². The summed E-state index contributed by atoms with van der Waals surface area (Å²) in [5.74, 6) is 1.18. The molecular formula is C27H32F2N2O2S. The van der Waals surface area contributed by atoms with Gasteiger partial charge in [0, 0.05) is 42.6 Å². The fraction of sp³-hybridized carbons (Fsp3) is 0.444. The molecule has 182 valence electrons. The van der Waals surface area contributed by atoms with Crippen LogP contribution in [0.1, 0.15) is 67.6 Å². The standard InChI is InChI=1S/C18H19F2NS.C9H13NO2/c1-13-7-10-18(14-5-3-2-4-6-14)22-21(13)12-15-11-16(19)8-9-17(15)20;1-6-3-7(4-6)8-5-10(2)9(11)12-8/h2-6,8-9,11,13,18H,7,10,12H2,1H3;5-7H,3-4H2,1-2H3/t13-,18?;/m0./s1. The molecule has 1 saturated carbocycles. The maximum Gasteiger partial charge on any atom is 0.418 e. The van der Waals surface area contributed by atoms with Gasteiger partial charge < -0.3 is 4.42 Å². The van der Waals surface area contributed by atoms with Crippen molar-refractivity contribution in [3.8, 4) is 0 Å². The molecule has 0 N–H and O–H groups in total. The number of aromatic nitrogens is 1. The molecule has 5 rings (SSSR count). The van der Waals surface area contributed by atoms with Crippen LogP contribution in [0.3, 0.4) is 0 Å². The Balaban J connectivity index is 0.000000192. The Morgan fingerprint density at radius 1 is 1.06 bits per heavy atom. The number of oxazole rings is 1. The van der Waals surface area contributed by atoms with Crippen LogP contribution in [0, 0.1) is 17.6 Å². The lowest BCUT2D eigenvalue weighted by atomic mass is 9.75. The smallest absolute Gasteiger partial charge is 0.413 e. The number of nitrogens with zero attached hydrogens (tertiary/aromatic N) is 2. The van der Waals surface area contributed by atoms with Crippen molar-refractivity contribution in [2.75, 3.05) is 0 Å². The Hall–Kier alpha value is -2.38. The summed E-state index contributed by atoms with van der Waals surface area (Å²) in [6, 6.07) is 14.4. The molecule has 0 spiro atoms. The average molecular weight is 487 g/mol. The maximum atomic E-state index is 13.9. The fourth-order valence-corrected chi connectivity index (χ4v) is 5.92. The summed E-state index contributed by atoms with van der Waals surface area (Å²) < 4.78 is 36.0. The van der Waals surface area contributed by atoms with Gasteiger partial charge in [0.05, 0.1) is 0 Å². The molecule has 0 radical (unpaired) electrons. The average Bonchev–Trinajstić information content (AvgIpc) is 3.14. The van der Waals surface area contributed by atoms with E-state index in [0.29, 0.717) is 29.3 Å². The Labute approximate surface area is 204 Å². The van der Waals surface area contributed by atoms with E-state index >= 15 is 0 Å². The SMILES string of the molecule is CC1CC(c2cn(C)c(=O)o2)C1.C[C@H]1CCC(c2ccccc2)SN1Cc1cc(F)ccc1F. The summed E-state index contributed by atoms with van der Waals surface area (Å²) in [4.78, 5) is 11.0. The molecule has 0 bridgehead atoms. The lowest BCUT2D eigenvalue weighted by molar-refractivity contribution is 0.249. The van der Waals surface area contributed by atoms with E-state index in [4.69, 9.17) is 4.42 Å². The minimum Gasteiger partial charge on any atom is -0.413 e. The Bertz CT molecular complexity index is 1140. The highest BCUT2D eigenvalue weighted by Crippen LogP contribution is 2.43. The first-order valence-electron chi connectivity index (χ1n) is 11.9. The van der Waals surface area contributed by atoms with E-state index in [1.807, 2.05) is 18.2 Å². The summed E-state index contributed by atoms with van der Waals surface area (Å²) in [5, 5.41) is 0.383. The second-order valence-electron chi connectivity index (χ2n) is 9.53. The zero-order valence-corrected chi connectivity index (χ0v) is 20.7. The molecule has 1 aliphatic carbocycles. The van der Waals surface area contributed by atoms with Crippen molar-refractivity contribution >= 4 is 11.9 Å². The molecule has 2 heterocycles. The monoisotopic (exact) mass is 486 g/mol. The third-order valence-corrected chi connectivity index (χ3v) is 8.22. The van der Waals surface area contributed by atoms with E-state index in [2.05, 4.69) is 30.3 Å². The van der Waals surface area contributed by atoms with E-state index in [-0.39, 0.29) is 17.4 Å². The van der Waals surface area contributed by atoms with Crippen molar-refractivity contribution in [1.29, 1.82) is 0 Å². The van der Waals surface area contributed by atoms with Gasteiger partial charge in [0.2, 0.25) is 0 Å². The van der Waals surface area contributed by atoms with Crippen LogP contribution in [0.5, 0.6) is 0 Å². The molecule has 1 unspecified atom stereocenters. The Morgan fingerprint density at radius 3 is 2.44 bits per heavy atom. The van der Waals surface area contributed by atoms with Gasteiger partial charge in [-0.3, -0.25) is 4.57 Å². The van der Waals surface area contributed by atoms with Crippen LogP contribution >= 0.6 is 11.9 Å². The van der Waals surface area contributed by atoms with Gasteiger partial charge in [0.1, 0.15) is 17.4 Å². The second-order valence-corrected chi connectivity index (χ2v) is 10.8. The Morgan fingerprint density at radius 2 is 1.79 bits per heavy atom. The summed E-state index contributed by atoms with van der Waals surface area (Å²) in [5.41, 5.74) is 1.72. The molecule has 3 aromatic rings. The first-order valence-corrected chi connectivity index (χ1v) is 12.7. The van der Waals surface area contributed by atoms with Crippen molar-refractivity contribution in [2.24, 2.45) is 13.0 Å². The lowest BCUT2D eigenvalue weighted by Gasteiger charge is -2.37. The molecule has 7 heteroatoms. The second kappa shape index (κ2) is 10.9. The van der Waals surface area contributed by atoms with Gasteiger partial charge in [-0.15, -0.1) is 0 Å². The van der Waals surface area contributed by atoms with Gasteiger partial charge >= 0.3 is 5.76 Å². The third kappa shape index (κ3) is 5.99. The van der Waals surface area contributed by atoms with E-state index in [9.17, 15) is 13.6 Å². The molecule has 0 amide bonds. The normalized spacial score (nSPS) is 24.7. The molecular weight excluding hydrogens is 454 g/mol. The topological polar surface area (TPSA) is 38.4 Å². The van der Waals surface area contributed by atoms with Gasteiger partial charge in [0.25, 0.3) is 0 Å². The molecule has 2 aliphatic rings. The van der Waals surface area contributed by atoms with Crippen LogP contribution in [0.15, 0.2) is 63.9 Å². The lowest BCUT2D eigenvalue weighted by Crippen LogP contribution is -2.31. The molecule has 4 nitrogen and oxygen atoms in total. The quantitative estimate of drug-likeness (QED) is 0.379. The molecule has 1 aliphatic heterocycles. The molecule has 1 saturated heterocycles. The largest absolute Gasteiger partial charge is 0.418 e. The van der Waals surface area contributed by atoms with Gasteiger partial charge in [0.15, 0.2) is 0 Å². The first kappa shape index (κ1) is 24.7. The fourth-order valence-electron chi connectivity index (χ4n) is 4.54. The molecule has 2 aromatic carbocycles. The van der Waals surface area contributed by atoms with Gasteiger partial charge in [-0.2, -0.15) is 0 Å². The molecule has 1 aromatic heterocycles. The maximum absolute atomic E-state index is 13.9. The van der Waals surface area contributed by atoms with Crippen molar-refractivity contribution in [1.82, 2.24) is 8.87 Å². The Kier molecular flexibility index (Phi) is 7.94. The van der Waals surface area contributed by atoms with Crippen LogP contribution in [-0.4, -0.2) is 14.9 Å². The number of rotatable bonds is 4. The van der Waals surface area contributed by atoms with Crippen LogP contribution in [-0.2, 0) is 13.6 Å². The van der Waals surface area contributed by atoms with Gasteiger partial charge in [-0.25, -0.2) is 17.9 Å². The van der Waals surface area contributed by atoms with Crippen molar-refractivity contribution in [2.45, 2.75) is 63.3 Å². The predicted molar refractivity (Wildman–Crippen MR) is 132 cm³/mol. The summed E-state index contributed by atoms with van der Waals surface area (Å²) >= 11 is 1.75. The zero-order chi connectivity index (χ0) is 24.2. The number of aryl methyl sites for hydroxylation is 1. The van der Waals surface area contributed by atoms with Crippen LogP contribution in [0.4, 0.5) is 8.78 Å². The van der Waals surface area contributed by atoms with E-state index in [1.165, 1.54) is 28.3 Å².